The molecule has 0 aliphatic heterocycles. The Hall–Kier alpha value is -2.43. The molecule has 0 aliphatic carbocycles. The molecule has 0 heterocycles. The van der Waals surface area contributed by atoms with Crippen molar-refractivity contribution in [3.63, 3.8) is 0 Å². The average molecular weight is 355 g/mol. The third kappa shape index (κ3) is 4.31. The van der Waals surface area contributed by atoms with E-state index >= 15 is 0 Å². The van der Waals surface area contributed by atoms with E-state index in [-0.39, 0.29) is 17.4 Å². The van der Waals surface area contributed by atoms with Gasteiger partial charge in [-0.1, -0.05) is 54.1 Å². The summed E-state index contributed by atoms with van der Waals surface area (Å²) in [6, 6.07) is 21.2. The van der Waals surface area contributed by atoms with E-state index in [9.17, 15) is 4.79 Å². The Kier molecular flexibility index (Phi) is 5.08. The van der Waals surface area contributed by atoms with Crippen molar-refractivity contribution < 1.29 is 4.79 Å². The Morgan fingerprint density at radius 1 is 0.958 bits per heavy atom. The molecule has 0 aromatic heterocycles. The van der Waals surface area contributed by atoms with E-state index in [1.54, 1.807) is 12.1 Å². The van der Waals surface area contributed by atoms with Crippen molar-refractivity contribution in [2.45, 2.75) is 6.42 Å². The molecule has 0 atom stereocenters. The van der Waals surface area contributed by atoms with Crippen LogP contribution in [-0.2, 0) is 11.2 Å². The van der Waals surface area contributed by atoms with Gasteiger partial charge in [0.25, 0.3) is 0 Å². The van der Waals surface area contributed by atoms with Crippen molar-refractivity contribution in [3.8, 4) is 0 Å². The molecule has 3 aromatic rings. The molecule has 3 rings (SSSR count). The molecule has 0 radical (unpaired) electrons. The van der Waals surface area contributed by atoms with Crippen LogP contribution in [0.25, 0.3) is 10.8 Å². The van der Waals surface area contributed by atoms with Crippen molar-refractivity contribution in [1.82, 2.24) is 5.32 Å². The number of carbonyl (C=O) groups excluding carboxylic acids is 1. The van der Waals surface area contributed by atoms with Crippen LogP contribution in [0, 0.1) is 0 Å². The minimum Gasteiger partial charge on any atom is -0.332 e. The van der Waals surface area contributed by atoms with E-state index in [1.165, 1.54) is 0 Å². The third-order valence-electron chi connectivity index (χ3n) is 3.54. The number of hydrogen-bond acceptors (Lipinski definition) is 2. The smallest absolute Gasteiger partial charge is 0.230 e. The zero-order valence-electron chi connectivity index (χ0n) is 12.8. The number of amides is 1. The summed E-state index contributed by atoms with van der Waals surface area (Å²) in [6.07, 6.45) is 0.247. The molecular formula is C19H15ClN2OS. The van der Waals surface area contributed by atoms with Crippen molar-refractivity contribution >= 4 is 51.3 Å². The second-order valence-electron chi connectivity index (χ2n) is 5.37. The van der Waals surface area contributed by atoms with Crippen LogP contribution < -0.4 is 10.6 Å². The highest BCUT2D eigenvalue weighted by Crippen LogP contribution is 2.18. The summed E-state index contributed by atoms with van der Waals surface area (Å²) in [4.78, 5) is 12.0. The van der Waals surface area contributed by atoms with Gasteiger partial charge in [-0.15, -0.1) is 0 Å². The topological polar surface area (TPSA) is 41.1 Å². The first-order valence-corrected chi connectivity index (χ1v) is 8.23. The summed E-state index contributed by atoms with van der Waals surface area (Å²) in [6.45, 7) is 0. The minimum atomic E-state index is -0.171. The van der Waals surface area contributed by atoms with E-state index in [0.717, 1.165) is 22.0 Å². The fourth-order valence-electron chi connectivity index (χ4n) is 2.39. The second-order valence-corrected chi connectivity index (χ2v) is 6.21. The molecule has 5 heteroatoms. The number of rotatable bonds is 3. The van der Waals surface area contributed by atoms with E-state index in [1.807, 2.05) is 54.6 Å². The number of fused-ring (bicyclic) bond motifs is 1. The molecule has 0 bridgehead atoms. The lowest BCUT2D eigenvalue weighted by molar-refractivity contribution is -0.119. The lowest BCUT2D eigenvalue weighted by atomic mass is 10.1. The highest BCUT2D eigenvalue weighted by atomic mass is 35.5. The maximum absolute atomic E-state index is 12.0. The number of anilines is 1. The van der Waals surface area contributed by atoms with Gasteiger partial charge in [0.2, 0.25) is 5.91 Å². The van der Waals surface area contributed by atoms with Gasteiger partial charge in [0.15, 0.2) is 5.11 Å². The summed E-state index contributed by atoms with van der Waals surface area (Å²) in [5.74, 6) is -0.171. The molecule has 0 saturated carbocycles. The molecular weight excluding hydrogens is 340 g/mol. The van der Waals surface area contributed by atoms with Crippen LogP contribution in [0.1, 0.15) is 5.56 Å². The van der Waals surface area contributed by atoms with Crippen molar-refractivity contribution in [3.05, 3.63) is 77.3 Å². The second kappa shape index (κ2) is 7.43. The van der Waals surface area contributed by atoms with Gasteiger partial charge in [-0.2, -0.15) is 0 Å². The highest BCUT2D eigenvalue weighted by Gasteiger charge is 2.06. The molecule has 0 spiro atoms. The Labute approximate surface area is 150 Å². The van der Waals surface area contributed by atoms with Gasteiger partial charge in [-0.25, -0.2) is 0 Å². The summed E-state index contributed by atoms with van der Waals surface area (Å²) in [5.41, 5.74) is 1.72. The van der Waals surface area contributed by atoms with E-state index in [2.05, 4.69) is 10.6 Å². The molecule has 3 nitrogen and oxygen atoms in total. The fraction of sp³-hybridized carbons (Fsp3) is 0.0526. The molecule has 24 heavy (non-hydrogen) atoms. The number of hydrogen-bond donors (Lipinski definition) is 2. The first-order valence-electron chi connectivity index (χ1n) is 7.44. The van der Waals surface area contributed by atoms with Crippen LogP contribution in [0.2, 0.25) is 5.02 Å². The van der Waals surface area contributed by atoms with E-state index < -0.39 is 0 Å². The summed E-state index contributed by atoms with van der Waals surface area (Å²) in [5, 5.41) is 8.92. The molecule has 2 N–H and O–H groups in total. The zero-order valence-corrected chi connectivity index (χ0v) is 14.3. The number of thiocarbonyl (C=S) groups is 1. The summed E-state index contributed by atoms with van der Waals surface area (Å²) >= 11 is 11.0. The van der Waals surface area contributed by atoms with Crippen molar-refractivity contribution in [2.75, 3.05) is 5.32 Å². The monoisotopic (exact) mass is 354 g/mol. The van der Waals surface area contributed by atoms with Gasteiger partial charge >= 0.3 is 0 Å². The average Bonchev–Trinajstić information content (AvgIpc) is 2.56. The molecule has 0 unspecified atom stereocenters. The fourth-order valence-corrected chi connectivity index (χ4v) is 2.75. The van der Waals surface area contributed by atoms with Crippen LogP contribution >= 0.6 is 23.8 Å². The van der Waals surface area contributed by atoms with Crippen molar-refractivity contribution in [1.29, 1.82) is 0 Å². The van der Waals surface area contributed by atoms with E-state index in [4.69, 9.17) is 23.8 Å². The predicted molar refractivity (Wildman–Crippen MR) is 103 cm³/mol. The third-order valence-corrected chi connectivity index (χ3v) is 3.99. The largest absolute Gasteiger partial charge is 0.332 e. The van der Waals surface area contributed by atoms with Gasteiger partial charge in [0.05, 0.1) is 6.42 Å². The number of halogens is 1. The van der Waals surface area contributed by atoms with Crippen LogP contribution in [-0.4, -0.2) is 11.0 Å². The molecule has 120 valence electrons. The van der Waals surface area contributed by atoms with Gasteiger partial charge in [0.1, 0.15) is 0 Å². The quantitative estimate of drug-likeness (QED) is 0.678. The Balaban J connectivity index is 1.59. The van der Waals surface area contributed by atoms with Gasteiger partial charge in [0, 0.05) is 10.7 Å². The maximum atomic E-state index is 12.0. The standard InChI is InChI=1S/C19H15ClN2OS/c20-16-8-5-13(6-9-16)11-18(23)22-19(24)21-17-10-7-14-3-1-2-4-15(14)12-17/h1-10,12H,11H2,(H2,21,22,23,24). The first kappa shape index (κ1) is 16.4. The first-order chi connectivity index (χ1) is 11.6. The predicted octanol–water partition coefficient (Wildman–Crippen LogP) is 4.55. The van der Waals surface area contributed by atoms with Crippen LogP contribution in [0.4, 0.5) is 5.69 Å². The van der Waals surface area contributed by atoms with Crippen LogP contribution in [0.5, 0.6) is 0 Å². The van der Waals surface area contributed by atoms with Gasteiger partial charge in [-0.3, -0.25) is 4.79 Å². The summed E-state index contributed by atoms with van der Waals surface area (Å²) < 4.78 is 0. The molecule has 0 aliphatic rings. The maximum Gasteiger partial charge on any atom is 0.230 e. The normalized spacial score (nSPS) is 10.4. The Morgan fingerprint density at radius 3 is 2.42 bits per heavy atom. The van der Waals surface area contributed by atoms with Gasteiger partial charge in [-0.05, 0) is 52.8 Å². The molecule has 3 aromatic carbocycles. The zero-order chi connectivity index (χ0) is 16.9. The Bertz CT molecular complexity index is 893. The lowest BCUT2D eigenvalue weighted by Crippen LogP contribution is -2.35. The van der Waals surface area contributed by atoms with Crippen LogP contribution in [0.3, 0.4) is 0 Å². The van der Waals surface area contributed by atoms with Crippen LogP contribution in [0.15, 0.2) is 66.7 Å². The Morgan fingerprint density at radius 2 is 1.67 bits per heavy atom. The highest BCUT2D eigenvalue weighted by molar-refractivity contribution is 7.80. The van der Waals surface area contributed by atoms with Gasteiger partial charge < -0.3 is 10.6 Å². The van der Waals surface area contributed by atoms with Crippen molar-refractivity contribution in [2.24, 2.45) is 0 Å². The van der Waals surface area contributed by atoms with E-state index in [0.29, 0.717) is 5.02 Å². The minimum absolute atomic E-state index is 0.171. The number of benzene rings is 3. The molecule has 0 fully saturated rings. The lowest BCUT2D eigenvalue weighted by Gasteiger charge is -2.10. The molecule has 1 amide bonds. The molecule has 0 saturated heterocycles. The SMILES string of the molecule is O=C(Cc1ccc(Cl)cc1)NC(=S)Nc1ccc2ccccc2c1. The summed E-state index contributed by atoms with van der Waals surface area (Å²) in [7, 11) is 0. The number of nitrogens with one attached hydrogen (secondary N) is 2. The number of carbonyl (C=O) groups is 1.